The summed E-state index contributed by atoms with van der Waals surface area (Å²) in [7, 11) is 0. The van der Waals surface area contributed by atoms with Crippen LogP contribution in [0, 0.1) is 0 Å². The summed E-state index contributed by atoms with van der Waals surface area (Å²) in [5.41, 5.74) is 1.07. The van der Waals surface area contributed by atoms with Crippen molar-refractivity contribution in [3.05, 3.63) is 78.4 Å². The highest BCUT2D eigenvalue weighted by molar-refractivity contribution is 5.98. The number of nitrogens with zero attached hydrogens (tertiary/aromatic N) is 4. The number of carbonyl (C=O) groups excluding carboxylic acids is 1. The van der Waals surface area contributed by atoms with E-state index < -0.39 is 17.8 Å². The quantitative estimate of drug-likeness (QED) is 0.385. The zero-order valence-electron chi connectivity index (χ0n) is 19.4. The lowest BCUT2D eigenvalue weighted by atomic mass is 10.2. The average molecular weight is 506 g/mol. The number of fused-ring (bicyclic) bond motifs is 1. The Labute approximate surface area is 209 Å². The maximum absolute atomic E-state index is 13.0. The van der Waals surface area contributed by atoms with Crippen LogP contribution in [0.5, 0.6) is 11.6 Å². The van der Waals surface area contributed by atoms with Gasteiger partial charge in [-0.15, -0.1) is 0 Å². The third kappa shape index (κ3) is 3.73. The van der Waals surface area contributed by atoms with E-state index in [2.05, 4.69) is 25.5 Å². The van der Waals surface area contributed by atoms with E-state index in [4.69, 9.17) is 4.74 Å². The Balaban J connectivity index is 1.05. The van der Waals surface area contributed by atoms with Crippen LogP contribution in [0.15, 0.2) is 67.1 Å². The minimum Gasteiger partial charge on any atom is -0.439 e. The molecule has 2 aliphatic heterocycles. The average Bonchev–Trinajstić information content (AvgIpc) is 3.60. The number of halogens is 3. The lowest BCUT2D eigenvalue weighted by Gasteiger charge is -2.11. The van der Waals surface area contributed by atoms with Gasteiger partial charge in [0.1, 0.15) is 12.1 Å². The number of hydrogen-bond acceptors (Lipinski definition) is 6. The first-order valence-electron chi connectivity index (χ1n) is 11.9. The molecule has 37 heavy (non-hydrogen) atoms. The van der Waals surface area contributed by atoms with Gasteiger partial charge >= 0.3 is 12.2 Å². The molecule has 0 bridgehead atoms. The topological polar surface area (TPSA) is 84.1 Å². The largest absolute Gasteiger partial charge is 0.439 e. The Morgan fingerprint density at radius 2 is 2.05 bits per heavy atom. The summed E-state index contributed by atoms with van der Waals surface area (Å²) >= 11 is 0. The lowest BCUT2D eigenvalue weighted by Crippen LogP contribution is -2.23. The van der Waals surface area contributed by atoms with E-state index in [-0.39, 0.29) is 5.69 Å². The number of alkyl halides is 3. The molecule has 1 saturated carbocycles. The summed E-state index contributed by atoms with van der Waals surface area (Å²) < 4.78 is 46.3. The second-order valence-electron chi connectivity index (χ2n) is 9.66. The van der Waals surface area contributed by atoms with Crippen LogP contribution in [0.4, 0.5) is 23.7 Å². The van der Waals surface area contributed by atoms with Crippen molar-refractivity contribution in [2.75, 3.05) is 11.9 Å². The summed E-state index contributed by atoms with van der Waals surface area (Å²) in [5.74, 6) is 0.975. The van der Waals surface area contributed by atoms with Crippen LogP contribution in [-0.4, -0.2) is 49.6 Å². The molecule has 8 nitrogen and oxygen atoms in total. The second-order valence-corrected chi connectivity index (χ2v) is 9.66. The number of amides is 1. The number of piperidine rings is 1. The Kier molecular flexibility index (Phi) is 4.67. The van der Waals surface area contributed by atoms with Gasteiger partial charge in [-0.2, -0.15) is 13.2 Å². The van der Waals surface area contributed by atoms with E-state index in [1.165, 1.54) is 29.4 Å². The van der Waals surface area contributed by atoms with Gasteiger partial charge in [0.05, 0.1) is 22.3 Å². The van der Waals surface area contributed by atoms with Crippen molar-refractivity contribution in [3.8, 4) is 11.6 Å². The van der Waals surface area contributed by atoms with E-state index in [1.807, 2.05) is 6.07 Å². The van der Waals surface area contributed by atoms with Crippen LogP contribution in [0.25, 0.3) is 10.9 Å². The molecule has 2 aromatic heterocycles. The molecule has 2 N–H and O–H groups in total. The standard InChI is InChI=1S/C26H21F3N6O2/c27-26(28,29)16-2-1-3-17(9-16)33-24(36)34-7-6-15-8-19(4-5-20(15)34)37-23-10-18(31-14-32-23)13-35-22-12-30-21-11-25(21,22)35/h1-10,14,21-22,30H,11-13H2,(H,33,36). The molecule has 2 aromatic carbocycles. The number of hydrogen-bond donors (Lipinski definition) is 2. The van der Waals surface area contributed by atoms with Crippen LogP contribution in [0.3, 0.4) is 0 Å². The Bertz CT molecular complexity index is 1550. The van der Waals surface area contributed by atoms with Crippen LogP contribution < -0.4 is 15.4 Å². The first kappa shape index (κ1) is 22.3. The van der Waals surface area contributed by atoms with E-state index in [9.17, 15) is 18.0 Å². The molecule has 2 saturated heterocycles. The van der Waals surface area contributed by atoms with E-state index in [0.29, 0.717) is 34.8 Å². The van der Waals surface area contributed by atoms with Crippen molar-refractivity contribution in [2.45, 2.75) is 36.8 Å². The normalized spacial score (nSPS) is 25.4. The number of rotatable bonds is 5. The van der Waals surface area contributed by atoms with Crippen molar-refractivity contribution in [1.29, 1.82) is 0 Å². The molecule has 188 valence electrons. The molecule has 4 heterocycles. The summed E-state index contributed by atoms with van der Waals surface area (Å²) in [6.45, 7) is 1.81. The van der Waals surface area contributed by atoms with Crippen LogP contribution in [0.1, 0.15) is 17.7 Å². The molecule has 3 aliphatic rings. The molecule has 4 unspecified atom stereocenters. The first-order chi connectivity index (χ1) is 17.8. The maximum atomic E-state index is 13.0. The van der Waals surface area contributed by atoms with E-state index in [0.717, 1.165) is 36.3 Å². The molecule has 3 fully saturated rings. The highest BCUT2D eigenvalue weighted by atomic mass is 19.4. The number of ether oxygens (including phenoxy) is 1. The third-order valence-corrected chi connectivity index (χ3v) is 7.53. The Morgan fingerprint density at radius 1 is 1.16 bits per heavy atom. The number of aromatic nitrogens is 3. The van der Waals surface area contributed by atoms with Gasteiger partial charge in [0.15, 0.2) is 0 Å². The van der Waals surface area contributed by atoms with E-state index >= 15 is 0 Å². The fourth-order valence-corrected chi connectivity index (χ4v) is 5.61. The summed E-state index contributed by atoms with van der Waals surface area (Å²) in [4.78, 5) is 23.9. The molecule has 4 atom stereocenters. The van der Waals surface area contributed by atoms with Gasteiger partial charge in [0.2, 0.25) is 5.88 Å². The van der Waals surface area contributed by atoms with Gasteiger partial charge in [-0.1, -0.05) is 6.07 Å². The zero-order chi connectivity index (χ0) is 25.4. The van der Waals surface area contributed by atoms with Crippen molar-refractivity contribution >= 4 is 22.6 Å². The van der Waals surface area contributed by atoms with Gasteiger partial charge in [0.25, 0.3) is 0 Å². The molecule has 1 spiro atoms. The molecular weight excluding hydrogens is 485 g/mol. The molecule has 4 aromatic rings. The minimum absolute atomic E-state index is 0.0559. The third-order valence-electron chi connectivity index (χ3n) is 7.53. The zero-order valence-corrected chi connectivity index (χ0v) is 19.4. The van der Waals surface area contributed by atoms with Crippen LogP contribution in [-0.2, 0) is 12.7 Å². The molecule has 1 aliphatic carbocycles. The van der Waals surface area contributed by atoms with Gasteiger partial charge in [-0.05, 0) is 48.9 Å². The van der Waals surface area contributed by atoms with Gasteiger partial charge in [-0.25, -0.2) is 14.8 Å². The molecule has 7 rings (SSSR count). The highest BCUT2D eigenvalue weighted by Gasteiger charge is 2.80. The number of piperazine rings is 1. The van der Waals surface area contributed by atoms with Crippen molar-refractivity contribution in [1.82, 2.24) is 24.8 Å². The molecular formula is C26H21F3N6O2. The number of nitrogens with one attached hydrogen (secondary N) is 2. The van der Waals surface area contributed by atoms with Crippen molar-refractivity contribution < 1.29 is 22.7 Å². The summed E-state index contributed by atoms with van der Waals surface area (Å²) in [6, 6.07) is 14.0. The highest BCUT2D eigenvalue weighted by Crippen LogP contribution is 2.63. The van der Waals surface area contributed by atoms with Gasteiger partial charge < -0.3 is 15.4 Å². The van der Waals surface area contributed by atoms with Crippen LogP contribution in [0.2, 0.25) is 0 Å². The summed E-state index contributed by atoms with van der Waals surface area (Å²) in [6.07, 6.45) is -0.227. The Morgan fingerprint density at radius 3 is 2.84 bits per heavy atom. The smallest absolute Gasteiger partial charge is 0.416 e. The fraction of sp³-hybridized carbons (Fsp3) is 0.269. The number of anilines is 1. The Hall–Kier alpha value is -3.96. The second kappa shape index (κ2) is 7.77. The van der Waals surface area contributed by atoms with Gasteiger partial charge in [0, 0.05) is 48.5 Å². The predicted molar refractivity (Wildman–Crippen MR) is 128 cm³/mol. The lowest BCUT2D eigenvalue weighted by molar-refractivity contribution is -0.137. The number of benzene rings is 2. The number of carbonyl (C=O) groups is 1. The predicted octanol–water partition coefficient (Wildman–Crippen LogP) is 4.62. The fourth-order valence-electron chi connectivity index (χ4n) is 5.61. The van der Waals surface area contributed by atoms with Crippen molar-refractivity contribution in [3.63, 3.8) is 0 Å². The minimum atomic E-state index is -4.49. The molecule has 1 amide bonds. The van der Waals surface area contributed by atoms with Crippen LogP contribution >= 0.6 is 0 Å². The monoisotopic (exact) mass is 506 g/mol. The molecule has 0 radical (unpaired) electrons. The first-order valence-corrected chi connectivity index (χ1v) is 11.9. The summed E-state index contributed by atoms with van der Waals surface area (Å²) in [5, 5.41) is 6.77. The maximum Gasteiger partial charge on any atom is 0.416 e. The van der Waals surface area contributed by atoms with Crippen molar-refractivity contribution in [2.24, 2.45) is 0 Å². The van der Waals surface area contributed by atoms with E-state index in [1.54, 1.807) is 30.5 Å². The SMILES string of the molecule is O=C(Nc1cccc(C(F)(F)F)c1)n1ccc2cc(Oc3cc(CN4C5CNC6CC654)ncn3)ccc21. The molecule has 11 heteroatoms. The van der Waals surface area contributed by atoms with Gasteiger partial charge in [-0.3, -0.25) is 9.47 Å².